The van der Waals surface area contributed by atoms with Gasteiger partial charge >= 0.3 is 0 Å². The van der Waals surface area contributed by atoms with Gasteiger partial charge in [0.15, 0.2) is 5.96 Å². The second kappa shape index (κ2) is 8.32. The fourth-order valence-corrected chi connectivity index (χ4v) is 1.46. The molecule has 1 fully saturated rings. The number of aliphatic imine (C=N–C) groups is 1. The minimum Gasteiger partial charge on any atom is -0.389 e. The van der Waals surface area contributed by atoms with Crippen molar-refractivity contribution in [2.75, 3.05) is 26.3 Å². The Bertz CT molecular complexity index is 253. The number of nitrogens with one attached hydrogen (secondary N) is 1. The van der Waals surface area contributed by atoms with Crippen LogP contribution in [0.2, 0.25) is 0 Å². The normalized spacial score (nSPS) is 18.1. The minimum atomic E-state index is -0.561. The Morgan fingerprint density at radius 2 is 2.22 bits per heavy atom. The lowest BCUT2D eigenvalue weighted by atomic mass is 10.1. The standard InChI is InChI=1S/C13H27N3O2/c1-10(2)5-6-15-13(14)16-7-12(17)9-18-8-11-3-4-11/h10-12,17H,3-9H2,1-2H3,(H3,14,15,16). The summed E-state index contributed by atoms with van der Waals surface area (Å²) in [4.78, 5) is 4.09. The summed E-state index contributed by atoms with van der Waals surface area (Å²) in [5.41, 5.74) is 5.68. The van der Waals surface area contributed by atoms with E-state index in [0.717, 1.165) is 25.5 Å². The molecule has 106 valence electrons. The van der Waals surface area contributed by atoms with Crippen molar-refractivity contribution in [1.29, 1.82) is 0 Å². The van der Waals surface area contributed by atoms with Gasteiger partial charge < -0.3 is 20.9 Å². The number of ether oxygens (including phenoxy) is 1. The topological polar surface area (TPSA) is 79.9 Å². The third kappa shape index (κ3) is 8.31. The maximum Gasteiger partial charge on any atom is 0.188 e. The molecule has 0 radical (unpaired) electrons. The molecule has 1 atom stereocenters. The minimum absolute atomic E-state index is 0.297. The van der Waals surface area contributed by atoms with Gasteiger partial charge in [0, 0.05) is 13.2 Å². The van der Waals surface area contributed by atoms with Crippen LogP contribution in [-0.4, -0.2) is 43.5 Å². The molecular formula is C13H27N3O2. The highest BCUT2D eigenvalue weighted by Crippen LogP contribution is 2.28. The zero-order chi connectivity index (χ0) is 13.4. The number of aliphatic hydroxyl groups excluding tert-OH is 1. The lowest BCUT2D eigenvalue weighted by molar-refractivity contribution is 0.0368. The van der Waals surface area contributed by atoms with Gasteiger partial charge in [-0.1, -0.05) is 13.8 Å². The van der Waals surface area contributed by atoms with Crippen molar-refractivity contribution in [3.63, 3.8) is 0 Å². The number of aliphatic hydroxyl groups is 1. The van der Waals surface area contributed by atoms with Crippen LogP contribution in [0.3, 0.4) is 0 Å². The number of rotatable bonds is 9. The van der Waals surface area contributed by atoms with Gasteiger partial charge in [0.1, 0.15) is 0 Å². The molecule has 0 bridgehead atoms. The number of nitrogens with zero attached hydrogens (tertiary/aromatic N) is 1. The molecule has 0 saturated heterocycles. The maximum atomic E-state index is 9.63. The van der Waals surface area contributed by atoms with Crippen LogP contribution in [0.25, 0.3) is 0 Å². The second-order valence-corrected chi connectivity index (χ2v) is 5.47. The summed E-state index contributed by atoms with van der Waals surface area (Å²) in [7, 11) is 0. The van der Waals surface area contributed by atoms with Crippen LogP contribution < -0.4 is 11.1 Å². The Labute approximate surface area is 110 Å². The quantitative estimate of drug-likeness (QED) is 0.420. The predicted octanol–water partition coefficient (Wildman–Crippen LogP) is 0.724. The lowest BCUT2D eigenvalue weighted by Gasteiger charge is -2.10. The molecular weight excluding hydrogens is 230 g/mol. The molecule has 0 aliphatic heterocycles. The highest BCUT2D eigenvalue weighted by atomic mass is 16.5. The average Bonchev–Trinajstić information content (AvgIpc) is 3.10. The van der Waals surface area contributed by atoms with Gasteiger partial charge in [-0.2, -0.15) is 0 Å². The molecule has 1 rings (SSSR count). The SMILES string of the molecule is CC(C)CCNC(N)=NCC(O)COCC1CC1. The fourth-order valence-electron chi connectivity index (χ4n) is 1.46. The Hall–Kier alpha value is -0.810. The largest absolute Gasteiger partial charge is 0.389 e. The summed E-state index contributed by atoms with van der Waals surface area (Å²) >= 11 is 0. The molecule has 0 aromatic rings. The maximum absolute atomic E-state index is 9.63. The van der Waals surface area contributed by atoms with Crippen molar-refractivity contribution in [3.8, 4) is 0 Å². The van der Waals surface area contributed by atoms with Crippen LogP contribution in [-0.2, 0) is 4.74 Å². The summed E-state index contributed by atoms with van der Waals surface area (Å²) in [6, 6.07) is 0. The van der Waals surface area contributed by atoms with E-state index in [9.17, 15) is 5.11 Å². The molecule has 18 heavy (non-hydrogen) atoms. The lowest BCUT2D eigenvalue weighted by Crippen LogP contribution is -2.34. The third-order valence-electron chi connectivity index (χ3n) is 2.86. The molecule has 0 spiro atoms. The van der Waals surface area contributed by atoms with Crippen molar-refractivity contribution in [1.82, 2.24) is 5.32 Å². The smallest absolute Gasteiger partial charge is 0.188 e. The Morgan fingerprint density at radius 3 is 2.83 bits per heavy atom. The molecule has 5 nitrogen and oxygen atoms in total. The first-order valence-electron chi connectivity index (χ1n) is 6.87. The van der Waals surface area contributed by atoms with Gasteiger partial charge in [-0.15, -0.1) is 0 Å². The molecule has 0 aromatic carbocycles. The summed E-state index contributed by atoms with van der Waals surface area (Å²) < 4.78 is 5.38. The summed E-state index contributed by atoms with van der Waals surface area (Å²) in [6.07, 6.45) is 3.03. The van der Waals surface area contributed by atoms with Crippen LogP contribution >= 0.6 is 0 Å². The van der Waals surface area contributed by atoms with E-state index in [1.54, 1.807) is 0 Å². The summed E-state index contributed by atoms with van der Waals surface area (Å²) in [6.45, 7) is 6.56. The first-order valence-corrected chi connectivity index (χ1v) is 6.87. The highest BCUT2D eigenvalue weighted by molar-refractivity contribution is 5.77. The van der Waals surface area contributed by atoms with Gasteiger partial charge in [-0.3, -0.25) is 4.99 Å². The summed E-state index contributed by atoms with van der Waals surface area (Å²) in [5.74, 6) is 1.77. The average molecular weight is 257 g/mol. The molecule has 0 heterocycles. The molecule has 0 amide bonds. The zero-order valence-electron chi connectivity index (χ0n) is 11.6. The van der Waals surface area contributed by atoms with Crippen molar-refractivity contribution in [3.05, 3.63) is 0 Å². The zero-order valence-corrected chi connectivity index (χ0v) is 11.6. The van der Waals surface area contributed by atoms with Crippen molar-refractivity contribution in [2.24, 2.45) is 22.6 Å². The van der Waals surface area contributed by atoms with E-state index < -0.39 is 6.10 Å². The van der Waals surface area contributed by atoms with Crippen LogP contribution in [0.4, 0.5) is 0 Å². The van der Waals surface area contributed by atoms with Gasteiger partial charge in [0.05, 0.1) is 19.3 Å². The van der Waals surface area contributed by atoms with Crippen LogP contribution in [0.5, 0.6) is 0 Å². The van der Waals surface area contributed by atoms with Crippen molar-refractivity contribution in [2.45, 2.75) is 39.2 Å². The van der Waals surface area contributed by atoms with E-state index in [1.165, 1.54) is 12.8 Å². The van der Waals surface area contributed by atoms with Crippen LogP contribution in [0.15, 0.2) is 4.99 Å². The Kier molecular flexibility index (Phi) is 7.05. The van der Waals surface area contributed by atoms with Crippen LogP contribution in [0.1, 0.15) is 33.1 Å². The number of guanidine groups is 1. The molecule has 1 aliphatic carbocycles. The number of hydrogen-bond donors (Lipinski definition) is 3. The first kappa shape index (κ1) is 15.2. The molecule has 5 heteroatoms. The number of nitrogens with two attached hydrogens (primary N) is 1. The van der Waals surface area contributed by atoms with Gasteiger partial charge in [-0.05, 0) is 31.1 Å². The van der Waals surface area contributed by atoms with E-state index in [4.69, 9.17) is 10.5 Å². The van der Waals surface area contributed by atoms with E-state index >= 15 is 0 Å². The molecule has 1 aliphatic rings. The Balaban J connectivity index is 2.00. The fraction of sp³-hybridized carbons (Fsp3) is 0.923. The highest BCUT2D eigenvalue weighted by Gasteiger charge is 2.21. The van der Waals surface area contributed by atoms with Crippen LogP contribution in [0, 0.1) is 11.8 Å². The van der Waals surface area contributed by atoms with Crippen molar-refractivity contribution < 1.29 is 9.84 Å². The molecule has 1 saturated carbocycles. The van der Waals surface area contributed by atoms with Gasteiger partial charge in [0.25, 0.3) is 0 Å². The number of hydrogen-bond acceptors (Lipinski definition) is 3. The summed E-state index contributed by atoms with van der Waals surface area (Å²) in [5, 5.41) is 12.7. The molecule has 1 unspecified atom stereocenters. The van der Waals surface area contributed by atoms with Gasteiger partial charge in [0.2, 0.25) is 0 Å². The van der Waals surface area contributed by atoms with Gasteiger partial charge in [-0.25, -0.2) is 0 Å². The van der Waals surface area contributed by atoms with E-state index in [2.05, 4.69) is 24.2 Å². The van der Waals surface area contributed by atoms with E-state index in [1.807, 2.05) is 0 Å². The van der Waals surface area contributed by atoms with E-state index in [-0.39, 0.29) is 0 Å². The van der Waals surface area contributed by atoms with E-state index in [0.29, 0.717) is 25.0 Å². The third-order valence-corrected chi connectivity index (χ3v) is 2.86. The van der Waals surface area contributed by atoms with Crippen molar-refractivity contribution >= 4 is 5.96 Å². The molecule has 4 N–H and O–H groups in total. The molecule has 0 aromatic heterocycles. The first-order chi connectivity index (χ1) is 8.58. The Morgan fingerprint density at radius 1 is 1.50 bits per heavy atom. The monoisotopic (exact) mass is 257 g/mol. The second-order valence-electron chi connectivity index (χ2n) is 5.47. The predicted molar refractivity (Wildman–Crippen MR) is 73.5 cm³/mol.